The minimum Gasteiger partial charge on any atom is -0.482 e. The lowest BCUT2D eigenvalue weighted by Gasteiger charge is -2.26. The van der Waals surface area contributed by atoms with Crippen LogP contribution >= 0.6 is 0 Å². The summed E-state index contributed by atoms with van der Waals surface area (Å²) in [7, 11) is 0. The molecule has 1 aromatic carbocycles. The normalized spacial score (nSPS) is 19.3. The Morgan fingerprint density at radius 1 is 1.25 bits per heavy atom. The number of benzene rings is 1. The molecule has 1 aliphatic heterocycles. The van der Waals surface area contributed by atoms with E-state index in [0.717, 1.165) is 17.2 Å². The largest absolute Gasteiger partial charge is 0.482 e. The van der Waals surface area contributed by atoms with Gasteiger partial charge in [-0.1, -0.05) is 12.1 Å². The molecule has 2 aliphatic rings. The van der Waals surface area contributed by atoms with E-state index in [1.807, 2.05) is 32.0 Å². The summed E-state index contributed by atoms with van der Waals surface area (Å²) >= 11 is 0. The number of nitrogens with one attached hydrogen (secondary N) is 1. The van der Waals surface area contributed by atoms with Gasteiger partial charge in [0.1, 0.15) is 5.76 Å². The first-order valence-electron chi connectivity index (χ1n) is 8.82. The minimum absolute atomic E-state index is 0.0630. The predicted octanol–water partition coefficient (Wildman–Crippen LogP) is 3.91. The monoisotopic (exact) mass is 389 g/mol. The molecule has 1 aromatic heterocycles. The fourth-order valence-electron chi connectivity index (χ4n) is 3.41. The number of halogens is 3. The Labute approximate surface area is 159 Å². The van der Waals surface area contributed by atoms with Gasteiger partial charge in [0.2, 0.25) is 0 Å². The van der Waals surface area contributed by atoms with Crippen molar-refractivity contribution in [3.8, 4) is 5.69 Å². The van der Waals surface area contributed by atoms with Crippen LogP contribution in [0, 0.1) is 13.8 Å². The zero-order valence-corrected chi connectivity index (χ0v) is 15.3. The van der Waals surface area contributed by atoms with Gasteiger partial charge in [-0.15, -0.1) is 0 Å². The first-order valence-corrected chi connectivity index (χ1v) is 8.82. The molecule has 8 heteroatoms. The second-order valence-corrected chi connectivity index (χ2v) is 6.98. The van der Waals surface area contributed by atoms with Crippen LogP contribution in [-0.4, -0.2) is 22.3 Å². The molecule has 1 fully saturated rings. The molecule has 1 N–H and O–H groups in total. The maximum Gasteiger partial charge on any atom is 0.435 e. The standard InChI is InChI=1S/C20H18F3N3O2/c1-11-3-4-12(2)15(7-11)26-16(9-18(25-26)20(21,22)23)13-5-6-17-14(8-13)24-19(27)10-28-17/h3-4,6-9,13H,5,10H2,1-2H3,(H,24,27). The summed E-state index contributed by atoms with van der Waals surface area (Å²) in [6, 6.07) is 6.65. The number of hydrogen-bond acceptors (Lipinski definition) is 3. The Kier molecular flexibility index (Phi) is 4.28. The molecule has 146 valence electrons. The number of amides is 1. The molecule has 1 saturated heterocycles. The quantitative estimate of drug-likeness (QED) is 0.847. The van der Waals surface area contributed by atoms with Gasteiger partial charge in [-0.3, -0.25) is 4.79 Å². The van der Waals surface area contributed by atoms with Gasteiger partial charge in [-0.25, -0.2) is 4.68 Å². The second kappa shape index (κ2) is 6.54. The van der Waals surface area contributed by atoms with E-state index in [1.54, 1.807) is 12.2 Å². The molecule has 1 amide bonds. The molecule has 4 rings (SSSR count). The Morgan fingerprint density at radius 3 is 2.79 bits per heavy atom. The number of rotatable bonds is 2. The van der Waals surface area contributed by atoms with Crippen molar-refractivity contribution in [3.63, 3.8) is 0 Å². The third-order valence-corrected chi connectivity index (χ3v) is 4.82. The molecule has 28 heavy (non-hydrogen) atoms. The third kappa shape index (κ3) is 3.30. The van der Waals surface area contributed by atoms with Crippen LogP contribution in [0.5, 0.6) is 0 Å². The fourth-order valence-corrected chi connectivity index (χ4v) is 3.41. The van der Waals surface area contributed by atoms with Gasteiger partial charge >= 0.3 is 6.18 Å². The lowest BCUT2D eigenvalue weighted by atomic mass is 9.93. The second-order valence-electron chi connectivity index (χ2n) is 6.98. The first-order chi connectivity index (χ1) is 13.2. The highest BCUT2D eigenvalue weighted by molar-refractivity contribution is 5.81. The number of allylic oxidation sites excluding steroid dienone is 2. The molecule has 1 atom stereocenters. The van der Waals surface area contributed by atoms with Crippen LogP contribution in [0.3, 0.4) is 0 Å². The summed E-state index contributed by atoms with van der Waals surface area (Å²) in [4.78, 5) is 11.6. The Hall–Kier alpha value is -3.03. The Bertz CT molecular complexity index is 1020. The number of nitrogens with zero attached hydrogens (tertiary/aromatic N) is 2. The van der Waals surface area contributed by atoms with Gasteiger partial charge in [0.05, 0.1) is 17.1 Å². The van der Waals surface area contributed by atoms with E-state index in [-0.39, 0.29) is 18.4 Å². The number of carbonyl (C=O) groups is 1. The van der Waals surface area contributed by atoms with E-state index in [9.17, 15) is 18.0 Å². The predicted molar refractivity (Wildman–Crippen MR) is 95.7 cm³/mol. The highest BCUT2D eigenvalue weighted by atomic mass is 19.4. The van der Waals surface area contributed by atoms with Crippen molar-refractivity contribution in [2.45, 2.75) is 32.4 Å². The van der Waals surface area contributed by atoms with Crippen molar-refractivity contribution in [3.05, 3.63) is 70.4 Å². The van der Waals surface area contributed by atoms with Crippen molar-refractivity contribution < 1.29 is 22.7 Å². The van der Waals surface area contributed by atoms with Crippen LogP contribution in [0.1, 0.15) is 34.9 Å². The highest BCUT2D eigenvalue weighted by Crippen LogP contribution is 2.37. The minimum atomic E-state index is -4.55. The summed E-state index contributed by atoms with van der Waals surface area (Å²) in [6.45, 7) is 3.65. The maximum atomic E-state index is 13.4. The number of aryl methyl sites for hydroxylation is 2. The lowest BCUT2D eigenvalue weighted by molar-refractivity contribution is -0.141. The third-order valence-electron chi connectivity index (χ3n) is 4.82. The van der Waals surface area contributed by atoms with Crippen molar-refractivity contribution in [1.82, 2.24) is 15.1 Å². The molecule has 5 nitrogen and oxygen atoms in total. The van der Waals surface area contributed by atoms with E-state index in [1.165, 1.54) is 4.68 Å². The number of morpholine rings is 1. The molecule has 0 bridgehead atoms. The van der Waals surface area contributed by atoms with Gasteiger partial charge in [0.15, 0.2) is 12.3 Å². The topological polar surface area (TPSA) is 56.2 Å². The average Bonchev–Trinajstić information content (AvgIpc) is 3.08. The Morgan fingerprint density at radius 2 is 2.04 bits per heavy atom. The number of hydrogen-bond donors (Lipinski definition) is 1. The zero-order chi connectivity index (χ0) is 20.1. The van der Waals surface area contributed by atoms with E-state index in [2.05, 4.69) is 10.4 Å². The molecule has 2 aromatic rings. The van der Waals surface area contributed by atoms with Crippen LogP contribution in [0.2, 0.25) is 0 Å². The molecular weight excluding hydrogens is 371 g/mol. The summed E-state index contributed by atoms with van der Waals surface area (Å²) < 4.78 is 46.9. The van der Waals surface area contributed by atoms with Crippen molar-refractivity contribution in [1.29, 1.82) is 0 Å². The van der Waals surface area contributed by atoms with Crippen molar-refractivity contribution >= 4 is 5.91 Å². The molecule has 1 aliphatic carbocycles. The summed E-state index contributed by atoms with van der Waals surface area (Å²) in [5.41, 5.74) is 2.28. The number of carbonyl (C=O) groups excluding carboxylic acids is 1. The van der Waals surface area contributed by atoms with E-state index in [4.69, 9.17) is 4.74 Å². The SMILES string of the molecule is Cc1ccc(C)c(-n2nc(C(F)(F)F)cc2C2C=C3NC(=O)COC3=CC2)c1. The van der Waals surface area contributed by atoms with Crippen LogP contribution in [0.4, 0.5) is 13.2 Å². The number of ether oxygens (including phenoxy) is 1. The van der Waals surface area contributed by atoms with Gasteiger partial charge in [0.25, 0.3) is 5.91 Å². The number of fused-ring (bicyclic) bond motifs is 1. The van der Waals surface area contributed by atoms with Crippen molar-refractivity contribution in [2.75, 3.05) is 6.61 Å². The van der Waals surface area contributed by atoms with Crippen LogP contribution in [0.15, 0.2) is 47.9 Å². The molecule has 0 radical (unpaired) electrons. The van der Waals surface area contributed by atoms with Gasteiger partial charge in [0, 0.05) is 5.92 Å². The van der Waals surface area contributed by atoms with Gasteiger partial charge in [-0.2, -0.15) is 18.3 Å². The maximum absolute atomic E-state index is 13.4. The average molecular weight is 389 g/mol. The smallest absolute Gasteiger partial charge is 0.435 e. The highest BCUT2D eigenvalue weighted by Gasteiger charge is 2.37. The van der Waals surface area contributed by atoms with Crippen LogP contribution in [0.25, 0.3) is 5.69 Å². The molecule has 0 spiro atoms. The lowest BCUT2D eigenvalue weighted by Crippen LogP contribution is -2.35. The van der Waals surface area contributed by atoms with Crippen molar-refractivity contribution in [2.24, 2.45) is 0 Å². The summed E-state index contributed by atoms with van der Waals surface area (Å²) in [6.07, 6.45) is -0.594. The molecule has 0 saturated carbocycles. The zero-order valence-electron chi connectivity index (χ0n) is 15.3. The first kappa shape index (κ1) is 18.3. The fraction of sp³-hybridized carbons (Fsp3) is 0.300. The summed E-state index contributed by atoms with van der Waals surface area (Å²) in [5, 5.41) is 6.58. The Balaban J connectivity index is 1.83. The summed E-state index contributed by atoms with van der Waals surface area (Å²) in [5.74, 6) is -0.128. The van der Waals surface area contributed by atoms with Crippen LogP contribution < -0.4 is 5.32 Å². The van der Waals surface area contributed by atoms with Gasteiger partial charge < -0.3 is 10.1 Å². The molecular formula is C20H18F3N3O2. The van der Waals surface area contributed by atoms with E-state index < -0.39 is 11.9 Å². The van der Waals surface area contributed by atoms with E-state index >= 15 is 0 Å². The number of alkyl halides is 3. The van der Waals surface area contributed by atoms with E-state index in [0.29, 0.717) is 29.3 Å². The van der Waals surface area contributed by atoms with Gasteiger partial charge in [-0.05, 0) is 55.7 Å². The molecule has 2 heterocycles. The number of aromatic nitrogens is 2. The van der Waals surface area contributed by atoms with Crippen LogP contribution in [-0.2, 0) is 15.7 Å². The molecule has 1 unspecified atom stereocenters.